The molecular weight excluding hydrogens is 586 g/mol. The molecule has 1 unspecified atom stereocenters. The standard InChI is InChI=1S/C25H35BrF2N2O3S2Si/c1-23(2,3)33-22(31)30(15-32-9-10-36(4,5)6)21-29-24(13-27,17-11-16(26)7-8-19(17)28)20-18-12-34-14-25(18,20)35-21/h7-8,11,18,20H,9-10,12-15H2,1-6H3/t18?,20-,24+,25-/m0/s1. The molecule has 3 aliphatic rings. The number of amides is 1. The van der Waals surface area contributed by atoms with Gasteiger partial charge in [0, 0.05) is 41.1 Å². The van der Waals surface area contributed by atoms with Gasteiger partial charge in [0.1, 0.15) is 30.4 Å². The highest BCUT2D eigenvalue weighted by molar-refractivity contribution is 9.10. The molecule has 4 rings (SSSR count). The molecule has 200 valence electrons. The number of halogens is 3. The lowest BCUT2D eigenvalue weighted by atomic mass is 9.84. The third-order valence-corrected chi connectivity index (χ3v) is 12.1. The molecule has 0 aromatic heterocycles. The lowest BCUT2D eigenvalue weighted by Gasteiger charge is -2.38. The van der Waals surface area contributed by atoms with Gasteiger partial charge in [0.2, 0.25) is 0 Å². The summed E-state index contributed by atoms with van der Waals surface area (Å²) in [7, 11) is -1.34. The van der Waals surface area contributed by atoms with E-state index in [9.17, 15) is 4.79 Å². The number of hydrogen-bond donors (Lipinski definition) is 0. The van der Waals surface area contributed by atoms with Crippen molar-refractivity contribution in [2.75, 3.05) is 31.5 Å². The number of aliphatic imine (C=N–C) groups is 1. The number of amidine groups is 1. The second-order valence-corrected chi connectivity index (χ2v) is 20.9. The van der Waals surface area contributed by atoms with Gasteiger partial charge in [-0.2, -0.15) is 11.8 Å². The van der Waals surface area contributed by atoms with Crippen molar-refractivity contribution in [1.29, 1.82) is 0 Å². The van der Waals surface area contributed by atoms with E-state index in [0.717, 1.165) is 17.5 Å². The van der Waals surface area contributed by atoms with Gasteiger partial charge in [-0.3, -0.25) is 0 Å². The maximum atomic E-state index is 15.2. The third-order valence-electron chi connectivity index (χ3n) is 6.82. The fourth-order valence-electron chi connectivity index (χ4n) is 5.01. The first-order valence-electron chi connectivity index (χ1n) is 12.2. The van der Waals surface area contributed by atoms with Crippen molar-refractivity contribution >= 4 is 58.8 Å². The normalized spacial score (nSPS) is 29.3. The number of rotatable bonds is 7. The number of carbonyl (C=O) groups excluding carboxylic acids is 1. The van der Waals surface area contributed by atoms with E-state index in [1.807, 2.05) is 11.8 Å². The first-order chi connectivity index (χ1) is 16.7. The Morgan fingerprint density at radius 2 is 2.06 bits per heavy atom. The van der Waals surface area contributed by atoms with Crippen molar-refractivity contribution in [2.24, 2.45) is 16.8 Å². The maximum absolute atomic E-state index is 15.2. The number of carbonyl (C=O) groups is 1. The maximum Gasteiger partial charge on any atom is 0.418 e. The average molecular weight is 622 g/mol. The van der Waals surface area contributed by atoms with Crippen LogP contribution in [0.15, 0.2) is 27.7 Å². The van der Waals surface area contributed by atoms with Gasteiger partial charge < -0.3 is 9.47 Å². The van der Waals surface area contributed by atoms with Gasteiger partial charge in [-0.1, -0.05) is 47.3 Å². The fraction of sp³-hybridized carbons (Fsp3) is 0.680. The largest absolute Gasteiger partial charge is 0.443 e. The van der Waals surface area contributed by atoms with E-state index in [-0.39, 0.29) is 28.9 Å². The van der Waals surface area contributed by atoms with Crippen LogP contribution in [-0.2, 0) is 15.0 Å². The number of alkyl halides is 1. The van der Waals surface area contributed by atoms with Gasteiger partial charge in [-0.15, -0.1) is 0 Å². The van der Waals surface area contributed by atoms with E-state index in [0.29, 0.717) is 16.2 Å². The Balaban J connectivity index is 1.74. The first-order valence-corrected chi connectivity index (χ1v) is 18.7. The van der Waals surface area contributed by atoms with Crippen LogP contribution in [-0.4, -0.2) is 66.1 Å². The molecule has 0 bridgehead atoms. The predicted octanol–water partition coefficient (Wildman–Crippen LogP) is 7.14. The SMILES string of the molecule is CC(C)(C)OC(=O)N(COCC[Si](C)(C)C)C1=N[C@](CF)(c2cc(Br)ccc2F)[C@@H]2C3CSC[C@]32S1. The van der Waals surface area contributed by atoms with Crippen LogP contribution in [0.1, 0.15) is 26.3 Å². The molecule has 1 spiro atoms. The van der Waals surface area contributed by atoms with Crippen LogP contribution in [0.2, 0.25) is 25.7 Å². The highest BCUT2D eigenvalue weighted by Gasteiger charge is 2.77. The molecule has 1 aromatic carbocycles. The van der Waals surface area contributed by atoms with E-state index < -0.39 is 37.8 Å². The number of benzene rings is 1. The van der Waals surface area contributed by atoms with Crippen molar-refractivity contribution in [3.05, 3.63) is 34.1 Å². The van der Waals surface area contributed by atoms with Crippen molar-refractivity contribution in [1.82, 2.24) is 4.90 Å². The predicted molar refractivity (Wildman–Crippen MR) is 151 cm³/mol. The van der Waals surface area contributed by atoms with Crippen LogP contribution in [0.25, 0.3) is 0 Å². The van der Waals surface area contributed by atoms with Crippen molar-refractivity contribution in [3.8, 4) is 0 Å². The van der Waals surface area contributed by atoms with Crippen LogP contribution in [0.3, 0.4) is 0 Å². The smallest absolute Gasteiger partial charge is 0.418 e. The molecule has 2 aliphatic heterocycles. The zero-order valence-electron chi connectivity index (χ0n) is 21.7. The molecular formula is C25H35BrF2N2O3S2Si. The van der Waals surface area contributed by atoms with Crippen molar-refractivity contribution < 1.29 is 23.0 Å². The fourth-order valence-corrected chi connectivity index (χ4v) is 9.86. The Morgan fingerprint density at radius 1 is 1.33 bits per heavy atom. The summed E-state index contributed by atoms with van der Waals surface area (Å²) in [6.07, 6.45) is -0.595. The van der Waals surface area contributed by atoms with Gasteiger partial charge in [0.05, 0.1) is 0 Å². The number of hydrogen-bond acceptors (Lipinski definition) is 6. The summed E-state index contributed by atoms with van der Waals surface area (Å²) in [5.74, 6) is 1.24. The highest BCUT2D eigenvalue weighted by atomic mass is 79.9. The van der Waals surface area contributed by atoms with E-state index in [1.54, 1.807) is 32.9 Å². The third kappa shape index (κ3) is 5.55. The molecule has 36 heavy (non-hydrogen) atoms. The van der Waals surface area contributed by atoms with Crippen LogP contribution < -0.4 is 0 Å². The molecule has 5 nitrogen and oxygen atoms in total. The summed E-state index contributed by atoms with van der Waals surface area (Å²) >= 11 is 6.74. The van der Waals surface area contributed by atoms with E-state index in [1.165, 1.54) is 22.7 Å². The lowest BCUT2D eigenvalue weighted by molar-refractivity contribution is 0.0109. The molecule has 0 N–H and O–H groups in total. The summed E-state index contributed by atoms with van der Waals surface area (Å²) in [6.45, 7) is 11.8. The monoisotopic (exact) mass is 620 g/mol. The Bertz CT molecular complexity index is 1050. The number of thioether (sulfide) groups is 2. The second-order valence-electron chi connectivity index (χ2n) is 12.0. The summed E-state index contributed by atoms with van der Waals surface area (Å²) in [6, 6.07) is 5.52. The number of nitrogens with zero attached hydrogens (tertiary/aromatic N) is 2. The zero-order chi connectivity index (χ0) is 26.5. The average Bonchev–Trinajstić information content (AvgIpc) is 3.22. The molecule has 2 fully saturated rings. The van der Waals surface area contributed by atoms with Crippen molar-refractivity contribution in [2.45, 2.75) is 62.3 Å². The van der Waals surface area contributed by atoms with E-state index in [2.05, 4.69) is 35.6 Å². The molecule has 1 amide bonds. The molecule has 1 saturated heterocycles. The summed E-state index contributed by atoms with van der Waals surface area (Å²) in [5, 5.41) is 0.343. The van der Waals surface area contributed by atoms with Gasteiger partial charge in [-0.05, 0) is 56.7 Å². The van der Waals surface area contributed by atoms with Crippen LogP contribution in [0.5, 0.6) is 0 Å². The molecule has 0 radical (unpaired) electrons. The Labute approximate surface area is 230 Å². The minimum atomic E-state index is -1.40. The second kappa shape index (κ2) is 10.2. The molecule has 1 saturated carbocycles. The molecule has 11 heteroatoms. The minimum Gasteiger partial charge on any atom is -0.443 e. The first kappa shape index (κ1) is 28.4. The van der Waals surface area contributed by atoms with E-state index in [4.69, 9.17) is 14.5 Å². The lowest BCUT2D eigenvalue weighted by Crippen LogP contribution is -2.47. The van der Waals surface area contributed by atoms with Crippen LogP contribution in [0, 0.1) is 17.7 Å². The number of ether oxygens (including phenoxy) is 2. The van der Waals surface area contributed by atoms with E-state index >= 15 is 8.78 Å². The molecule has 4 atom stereocenters. The summed E-state index contributed by atoms with van der Waals surface area (Å²) in [5.41, 5.74) is -1.91. The molecule has 1 aromatic rings. The Morgan fingerprint density at radius 3 is 2.69 bits per heavy atom. The Kier molecular flexibility index (Phi) is 8.02. The highest BCUT2D eigenvalue weighted by Crippen LogP contribution is 2.75. The molecule has 2 heterocycles. The van der Waals surface area contributed by atoms with Crippen LogP contribution in [0.4, 0.5) is 13.6 Å². The van der Waals surface area contributed by atoms with Gasteiger partial charge >= 0.3 is 6.09 Å². The van der Waals surface area contributed by atoms with Crippen molar-refractivity contribution in [3.63, 3.8) is 0 Å². The van der Waals surface area contributed by atoms with Gasteiger partial charge in [0.15, 0.2) is 5.17 Å². The Hall–Kier alpha value is -0.623. The number of fused-ring (bicyclic) bond motifs is 1. The van der Waals surface area contributed by atoms with Gasteiger partial charge in [0.25, 0.3) is 0 Å². The van der Waals surface area contributed by atoms with Gasteiger partial charge in [-0.25, -0.2) is 23.5 Å². The zero-order valence-corrected chi connectivity index (χ0v) is 25.9. The van der Waals surface area contributed by atoms with Crippen LogP contribution >= 0.6 is 39.5 Å². The quantitative estimate of drug-likeness (QED) is 0.184. The molecule has 1 aliphatic carbocycles. The summed E-state index contributed by atoms with van der Waals surface area (Å²) in [4.78, 5) is 19.6. The topological polar surface area (TPSA) is 51.1 Å². The summed E-state index contributed by atoms with van der Waals surface area (Å²) < 4.78 is 42.4. The minimum absolute atomic E-state index is 0.0485.